The van der Waals surface area contributed by atoms with Crippen LogP contribution < -0.4 is 10.2 Å². The molecule has 0 aliphatic carbocycles. The number of amides is 1. The number of quaternary nitrogens is 1. The van der Waals surface area contributed by atoms with E-state index >= 15 is 0 Å². The molecule has 2 aromatic rings. The van der Waals surface area contributed by atoms with Crippen molar-refractivity contribution < 1.29 is 14.1 Å². The van der Waals surface area contributed by atoms with Gasteiger partial charge in [-0.15, -0.1) is 0 Å². The van der Waals surface area contributed by atoms with Gasteiger partial charge in [-0.2, -0.15) is 0 Å². The Morgan fingerprint density at radius 3 is 2.38 bits per heavy atom. The average Bonchev–Trinajstić information content (AvgIpc) is 2.46. The van der Waals surface area contributed by atoms with Crippen LogP contribution in [0.15, 0.2) is 48.5 Å². The lowest BCUT2D eigenvalue weighted by Crippen LogP contribution is -3.08. The van der Waals surface area contributed by atoms with E-state index in [9.17, 15) is 9.18 Å². The van der Waals surface area contributed by atoms with Crippen LogP contribution in [0.3, 0.4) is 0 Å². The van der Waals surface area contributed by atoms with Crippen LogP contribution in [0.5, 0.6) is 0 Å². The van der Waals surface area contributed by atoms with E-state index in [2.05, 4.69) is 26.1 Å². The Morgan fingerprint density at radius 1 is 1.12 bits per heavy atom. The minimum atomic E-state index is -0.247. The minimum Gasteiger partial charge on any atom is -0.326 e. The second kappa shape index (κ2) is 7.58. The summed E-state index contributed by atoms with van der Waals surface area (Å²) in [6.45, 7) is 7.41. The Hall–Kier alpha value is -2.20. The van der Waals surface area contributed by atoms with Gasteiger partial charge < -0.3 is 10.2 Å². The summed E-state index contributed by atoms with van der Waals surface area (Å²) in [4.78, 5) is 13.2. The molecule has 0 bridgehead atoms. The topological polar surface area (TPSA) is 33.5 Å². The summed E-state index contributed by atoms with van der Waals surface area (Å²) in [5.41, 5.74) is 3.01. The van der Waals surface area contributed by atoms with Crippen molar-refractivity contribution in [3.63, 3.8) is 0 Å². The van der Waals surface area contributed by atoms with Crippen LogP contribution in [0.2, 0.25) is 0 Å². The monoisotopic (exact) mass is 329 g/mol. The fourth-order valence-electron chi connectivity index (χ4n) is 2.59. The van der Waals surface area contributed by atoms with Crippen molar-refractivity contribution in [3.8, 4) is 0 Å². The Balaban J connectivity index is 1.88. The Labute approximate surface area is 143 Å². The van der Waals surface area contributed by atoms with Crippen LogP contribution in [0, 0.1) is 5.82 Å². The van der Waals surface area contributed by atoms with E-state index in [1.807, 2.05) is 37.4 Å². The molecule has 0 spiro atoms. The first-order valence-electron chi connectivity index (χ1n) is 8.20. The number of halogens is 1. The zero-order valence-corrected chi connectivity index (χ0v) is 14.8. The molecule has 1 atom stereocenters. The normalized spacial score (nSPS) is 12.7. The summed E-state index contributed by atoms with van der Waals surface area (Å²) < 4.78 is 13.2. The van der Waals surface area contributed by atoms with Crippen LogP contribution in [0.25, 0.3) is 0 Å². The first kappa shape index (κ1) is 18.1. The number of nitrogens with one attached hydrogen (secondary N) is 2. The predicted octanol–water partition coefficient (Wildman–Crippen LogP) is 2.78. The van der Waals surface area contributed by atoms with Gasteiger partial charge >= 0.3 is 0 Å². The van der Waals surface area contributed by atoms with E-state index < -0.39 is 0 Å². The molecule has 0 aliphatic heterocycles. The molecule has 0 aliphatic rings. The van der Waals surface area contributed by atoms with Crippen LogP contribution >= 0.6 is 0 Å². The third-order valence-electron chi connectivity index (χ3n) is 3.89. The largest absolute Gasteiger partial charge is 0.326 e. The molecule has 0 heterocycles. The van der Waals surface area contributed by atoms with E-state index in [4.69, 9.17) is 0 Å². The van der Waals surface area contributed by atoms with Gasteiger partial charge in [0.2, 0.25) is 0 Å². The number of carbonyl (C=O) groups excluding carboxylic acids is 1. The van der Waals surface area contributed by atoms with E-state index in [1.54, 1.807) is 6.07 Å². The highest BCUT2D eigenvalue weighted by Crippen LogP contribution is 2.23. The SMILES string of the molecule is C[NH+](CC(=O)Nc1ccc(C(C)(C)C)cc1)Cc1cccc(F)c1. The summed E-state index contributed by atoms with van der Waals surface area (Å²) >= 11 is 0. The standard InChI is InChI=1S/C20H25FN2O/c1-20(2,3)16-8-10-18(11-9-16)22-19(24)14-23(4)13-15-6-5-7-17(21)12-15/h5-12H,13-14H2,1-4H3,(H,22,24)/p+1. The van der Waals surface area contributed by atoms with Gasteiger partial charge in [0.1, 0.15) is 12.4 Å². The quantitative estimate of drug-likeness (QED) is 0.869. The fourth-order valence-corrected chi connectivity index (χ4v) is 2.59. The predicted molar refractivity (Wildman–Crippen MR) is 95.6 cm³/mol. The highest BCUT2D eigenvalue weighted by molar-refractivity contribution is 5.91. The molecule has 1 amide bonds. The summed E-state index contributed by atoms with van der Waals surface area (Å²) in [5.74, 6) is -0.295. The fraction of sp³-hybridized carbons (Fsp3) is 0.350. The Bertz CT molecular complexity index is 690. The second-order valence-corrected chi connectivity index (χ2v) is 7.32. The van der Waals surface area contributed by atoms with E-state index in [-0.39, 0.29) is 17.1 Å². The average molecular weight is 329 g/mol. The lowest BCUT2D eigenvalue weighted by Gasteiger charge is -2.19. The molecule has 2 N–H and O–H groups in total. The lowest BCUT2D eigenvalue weighted by molar-refractivity contribution is -0.885. The number of carbonyl (C=O) groups is 1. The van der Waals surface area contributed by atoms with Crippen molar-refractivity contribution in [2.75, 3.05) is 18.9 Å². The molecule has 0 radical (unpaired) electrons. The molecule has 2 rings (SSSR count). The smallest absolute Gasteiger partial charge is 0.279 e. The van der Waals surface area contributed by atoms with Gasteiger partial charge in [0.25, 0.3) is 5.91 Å². The molecule has 1 unspecified atom stereocenters. The van der Waals surface area contributed by atoms with Crippen molar-refractivity contribution >= 4 is 11.6 Å². The maximum absolute atomic E-state index is 13.2. The molecular weight excluding hydrogens is 303 g/mol. The van der Waals surface area contributed by atoms with Crippen LogP contribution in [-0.4, -0.2) is 19.5 Å². The zero-order valence-electron chi connectivity index (χ0n) is 14.8. The molecule has 0 saturated heterocycles. The first-order chi connectivity index (χ1) is 11.2. The molecule has 0 saturated carbocycles. The Morgan fingerprint density at radius 2 is 1.79 bits per heavy atom. The van der Waals surface area contributed by atoms with E-state index in [1.165, 1.54) is 17.7 Å². The van der Waals surface area contributed by atoms with Gasteiger partial charge in [0.05, 0.1) is 7.05 Å². The molecule has 0 fully saturated rings. The lowest BCUT2D eigenvalue weighted by atomic mass is 9.87. The summed E-state index contributed by atoms with van der Waals surface area (Å²) in [6.07, 6.45) is 0. The van der Waals surface area contributed by atoms with Crippen molar-refractivity contribution in [1.82, 2.24) is 0 Å². The third kappa shape index (κ3) is 5.46. The minimum absolute atomic E-state index is 0.0487. The van der Waals surface area contributed by atoms with Gasteiger partial charge in [-0.05, 0) is 35.2 Å². The molecule has 128 valence electrons. The van der Waals surface area contributed by atoms with Gasteiger partial charge in [-0.3, -0.25) is 4.79 Å². The van der Waals surface area contributed by atoms with Crippen molar-refractivity contribution in [2.45, 2.75) is 32.7 Å². The van der Waals surface area contributed by atoms with Crippen molar-refractivity contribution in [3.05, 3.63) is 65.5 Å². The van der Waals surface area contributed by atoms with Crippen molar-refractivity contribution in [2.24, 2.45) is 0 Å². The summed E-state index contributed by atoms with van der Waals surface area (Å²) in [5, 5.41) is 2.91. The van der Waals surface area contributed by atoms with Crippen molar-refractivity contribution in [1.29, 1.82) is 0 Å². The number of anilines is 1. The number of benzene rings is 2. The van der Waals surface area contributed by atoms with Gasteiger partial charge in [-0.25, -0.2) is 4.39 Å². The molecule has 3 nitrogen and oxygen atoms in total. The summed E-state index contributed by atoms with van der Waals surface area (Å²) in [7, 11) is 1.92. The third-order valence-corrected chi connectivity index (χ3v) is 3.89. The second-order valence-electron chi connectivity index (χ2n) is 7.32. The van der Waals surface area contributed by atoms with E-state index in [0.717, 1.165) is 16.2 Å². The number of likely N-dealkylation sites (N-methyl/N-ethyl adjacent to an activating group) is 1. The van der Waals surface area contributed by atoms with Gasteiger partial charge in [-0.1, -0.05) is 45.0 Å². The maximum atomic E-state index is 13.2. The number of hydrogen-bond donors (Lipinski definition) is 2. The first-order valence-corrected chi connectivity index (χ1v) is 8.20. The number of hydrogen-bond acceptors (Lipinski definition) is 1. The van der Waals surface area contributed by atoms with Crippen LogP contribution in [0.4, 0.5) is 10.1 Å². The highest BCUT2D eigenvalue weighted by Gasteiger charge is 2.14. The molecular formula is C20H26FN2O+. The highest BCUT2D eigenvalue weighted by atomic mass is 19.1. The van der Waals surface area contributed by atoms with Gasteiger partial charge in [0.15, 0.2) is 6.54 Å². The summed E-state index contributed by atoms with van der Waals surface area (Å²) in [6, 6.07) is 14.4. The molecule has 24 heavy (non-hydrogen) atoms. The molecule has 0 aromatic heterocycles. The van der Waals surface area contributed by atoms with Crippen LogP contribution in [-0.2, 0) is 16.8 Å². The zero-order chi connectivity index (χ0) is 17.7. The Kier molecular flexibility index (Phi) is 5.73. The number of rotatable bonds is 5. The van der Waals surface area contributed by atoms with Crippen LogP contribution in [0.1, 0.15) is 31.9 Å². The van der Waals surface area contributed by atoms with Gasteiger partial charge in [0, 0.05) is 11.3 Å². The molecule has 2 aromatic carbocycles. The molecule has 4 heteroatoms. The maximum Gasteiger partial charge on any atom is 0.279 e. The van der Waals surface area contributed by atoms with E-state index in [0.29, 0.717) is 13.1 Å².